The van der Waals surface area contributed by atoms with Crippen molar-refractivity contribution < 1.29 is 12.8 Å². The SMILES string of the molecule is CN=C(NCCS(=O)(=O)NCC1CCC1)NCc1coc(-c2ccc(C)cc2)n1.I. The van der Waals surface area contributed by atoms with Crippen LogP contribution in [0.1, 0.15) is 30.5 Å². The number of aryl methyl sites for hydroxylation is 1. The van der Waals surface area contributed by atoms with Crippen molar-refractivity contribution in [1.82, 2.24) is 20.3 Å². The molecule has 0 saturated heterocycles. The largest absolute Gasteiger partial charge is 0.444 e. The molecule has 10 heteroatoms. The lowest BCUT2D eigenvalue weighted by Crippen LogP contribution is -2.41. The molecule has 8 nitrogen and oxygen atoms in total. The van der Waals surface area contributed by atoms with Crippen molar-refractivity contribution in [2.75, 3.05) is 25.9 Å². The minimum atomic E-state index is -3.28. The summed E-state index contributed by atoms with van der Waals surface area (Å²) < 4.78 is 32.3. The third-order valence-corrected chi connectivity index (χ3v) is 6.34. The lowest BCUT2D eigenvalue weighted by molar-refractivity contribution is 0.316. The molecule has 0 amide bonds. The lowest BCUT2D eigenvalue weighted by Gasteiger charge is -2.25. The summed E-state index contributed by atoms with van der Waals surface area (Å²) in [5.74, 6) is 1.58. The van der Waals surface area contributed by atoms with Gasteiger partial charge < -0.3 is 15.1 Å². The van der Waals surface area contributed by atoms with Gasteiger partial charge in [-0.15, -0.1) is 24.0 Å². The molecule has 1 aliphatic carbocycles. The second-order valence-corrected chi connectivity index (χ2v) is 9.25. The standard InChI is InChI=1S/C20H29N5O3S.HI/c1-15-6-8-17(9-7-15)19-25-18(14-28-19)13-23-20(21-2)22-10-11-29(26,27)24-12-16-4-3-5-16;/h6-9,14,16,24H,3-5,10-13H2,1-2H3,(H2,21,22,23);1H. The van der Waals surface area contributed by atoms with E-state index in [1.165, 1.54) is 12.0 Å². The van der Waals surface area contributed by atoms with Gasteiger partial charge in [0.25, 0.3) is 0 Å². The molecule has 30 heavy (non-hydrogen) atoms. The van der Waals surface area contributed by atoms with E-state index in [1.807, 2.05) is 31.2 Å². The van der Waals surface area contributed by atoms with Crippen LogP contribution >= 0.6 is 24.0 Å². The van der Waals surface area contributed by atoms with Crippen LogP contribution in [0.4, 0.5) is 0 Å². The first-order chi connectivity index (χ1) is 13.9. The van der Waals surface area contributed by atoms with Gasteiger partial charge in [-0.2, -0.15) is 0 Å². The summed E-state index contributed by atoms with van der Waals surface area (Å²) in [6, 6.07) is 7.97. The summed E-state index contributed by atoms with van der Waals surface area (Å²) in [5, 5.41) is 6.13. The molecule has 1 aromatic heterocycles. The summed E-state index contributed by atoms with van der Waals surface area (Å²) in [7, 11) is -1.64. The van der Waals surface area contributed by atoms with Crippen molar-refractivity contribution in [3.63, 3.8) is 0 Å². The van der Waals surface area contributed by atoms with Gasteiger partial charge in [-0.3, -0.25) is 4.99 Å². The van der Waals surface area contributed by atoms with Crippen molar-refractivity contribution in [2.24, 2.45) is 10.9 Å². The highest BCUT2D eigenvalue weighted by Gasteiger charge is 2.20. The molecule has 1 saturated carbocycles. The van der Waals surface area contributed by atoms with Gasteiger partial charge in [-0.1, -0.05) is 24.1 Å². The van der Waals surface area contributed by atoms with Crippen molar-refractivity contribution in [2.45, 2.75) is 32.7 Å². The molecule has 1 fully saturated rings. The molecule has 1 aromatic carbocycles. The Hall–Kier alpha value is -1.66. The van der Waals surface area contributed by atoms with Crippen molar-refractivity contribution in [3.8, 4) is 11.5 Å². The summed E-state index contributed by atoms with van der Waals surface area (Å²) >= 11 is 0. The number of oxazole rings is 1. The molecule has 3 rings (SSSR count). The molecule has 0 unspecified atom stereocenters. The molecule has 0 aliphatic heterocycles. The first-order valence-corrected chi connectivity index (χ1v) is 11.5. The molecule has 2 aromatic rings. The van der Waals surface area contributed by atoms with Gasteiger partial charge in [0.1, 0.15) is 6.26 Å². The highest BCUT2D eigenvalue weighted by Crippen LogP contribution is 2.25. The highest BCUT2D eigenvalue weighted by molar-refractivity contribution is 14.0. The van der Waals surface area contributed by atoms with E-state index in [2.05, 4.69) is 25.3 Å². The molecule has 1 heterocycles. The van der Waals surface area contributed by atoms with E-state index in [0.29, 0.717) is 30.9 Å². The third-order valence-electron chi connectivity index (χ3n) is 4.99. The Morgan fingerprint density at radius 2 is 1.97 bits per heavy atom. The molecular weight excluding hydrogens is 517 g/mol. The zero-order chi connectivity index (χ0) is 20.7. The fourth-order valence-electron chi connectivity index (χ4n) is 2.93. The van der Waals surface area contributed by atoms with Gasteiger partial charge in [-0.25, -0.2) is 18.1 Å². The second kappa shape index (κ2) is 11.7. The van der Waals surface area contributed by atoms with Crippen LogP contribution in [0.15, 0.2) is 39.9 Å². The van der Waals surface area contributed by atoms with E-state index in [9.17, 15) is 8.42 Å². The molecule has 166 valence electrons. The van der Waals surface area contributed by atoms with E-state index in [4.69, 9.17) is 4.42 Å². The normalized spacial score (nSPS) is 14.7. The predicted octanol–water partition coefficient (Wildman–Crippen LogP) is 2.65. The van der Waals surface area contributed by atoms with Gasteiger partial charge in [0, 0.05) is 25.7 Å². The molecule has 0 atom stereocenters. The van der Waals surface area contributed by atoms with Gasteiger partial charge in [0.15, 0.2) is 5.96 Å². The maximum Gasteiger partial charge on any atom is 0.226 e. The number of nitrogens with zero attached hydrogens (tertiary/aromatic N) is 2. The number of aromatic nitrogens is 1. The Kier molecular flexibility index (Phi) is 9.56. The average Bonchev–Trinajstić information content (AvgIpc) is 3.12. The number of halogens is 1. The van der Waals surface area contributed by atoms with Crippen molar-refractivity contribution in [1.29, 1.82) is 0 Å². The number of guanidine groups is 1. The van der Waals surface area contributed by atoms with Crippen LogP contribution in [0.2, 0.25) is 0 Å². The van der Waals surface area contributed by atoms with Gasteiger partial charge in [0.2, 0.25) is 15.9 Å². The average molecular weight is 547 g/mol. The highest BCUT2D eigenvalue weighted by atomic mass is 127. The third kappa shape index (κ3) is 7.55. The minimum absolute atomic E-state index is 0. The topological polar surface area (TPSA) is 109 Å². The van der Waals surface area contributed by atoms with E-state index >= 15 is 0 Å². The van der Waals surface area contributed by atoms with Gasteiger partial charge in [-0.05, 0) is 37.8 Å². The first kappa shape index (κ1) is 24.6. The second-order valence-electron chi connectivity index (χ2n) is 7.33. The zero-order valence-electron chi connectivity index (χ0n) is 17.3. The number of nitrogens with one attached hydrogen (secondary N) is 3. The first-order valence-electron chi connectivity index (χ1n) is 9.88. The maximum absolute atomic E-state index is 12.0. The Morgan fingerprint density at radius 1 is 1.23 bits per heavy atom. The maximum atomic E-state index is 12.0. The van der Waals surface area contributed by atoms with Crippen LogP contribution in [-0.4, -0.2) is 45.3 Å². The predicted molar refractivity (Wildman–Crippen MR) is 129 cm³/mol. The summed E-state index contributed by atoms with van der Waals surface area (Å²) in [5.41, 5.74) is 2.83. The number of hydrogen-bond donors (Lipinski definition) is 3. The molecule has 0 bridgehead atoms. The van der Waals surface area contributed by atoms with E-state index in [0.717, 1.165) is 24.1 Å². The lowest BCUT2D eigenvalue weighted by atomic mass is 9.86. The number of hydrogen-bond acceptors (Lipinski definition) is 5. The fourth-order valence-corrected chi connectivity index (χ4v) is 3.93. The molecule has 0 spiro atoms. The minimum Gasteiger partial charge on any atom is -0.444 e. The van der Waals surface area contributed by atoms with E-state index in [1.54, 1.807) is 13.3 Å². The van der Waals surface area contributed by atoms with E-state index in [-0.39, 0.29) is 36.3 Å². The van der Waals surface area contributed by atoms with Crippen LogP contribution < -0.4 is 15.4 Å². The van der Waals surface area contributed by atoms with Crippen molar-refractivity contribution >= 4 is 40.0 Å². The van der Waals surface area contributed by atoms with Crippen LogP contribution in [-0.2, 0) is 16.6 Å². The summed E-state index contributed by atoms with van der Waals surface area (Å²) in [4.78, 5) is 8.59. The zero-order valence-corrected chi connectivity index (χ0v) is 20.5. The number of rotatable bonds is 9. The number of benzene rings is 1. The Morgan fingerprint density at radius 3 is 2.60 bits per heavy atom. The fraction of sp³-hybridized carbons (Fsp3) is 0.500. The van der Waals surface area contributed by atoms with Crippen LogP contribution in [0.3, 0.4) is 0 Å². The smallest absolute Gasteiger partial charge is 0.226 e. The van der Waals surface area contributed by atoms with Crippen LogP contribution in [0.25, 0.3) is 11.5 Å². The Balaban J connectivity index is 0.00000320. The number of aliphatic imine (C=N–C) groups is 1. The summed E-state index contributed by atoms with van der Waals surface area (Å²) in [6.07, 6.45) is 5.04. The molecule has 1 aliphatic rings. The van der Waals surface area contributed by atoms with Gasteiger partial charge in [0.05, 0.1) is 18.0 Å². The monoisotopic (exact) mass is 547 g/mol. The Bertz CT molecular complexity index is 924. The molecule has 0 radical (unpaired) electrons. The van der Waals surface area contributed by atoms with Crippen molar-refractivity contribution in [3.05, 3.63) is 41.8 Å². The quantitative estimate of drug-likeness (QED) is 0.253. The molecular formula is C20H30IN5O3S. The van der Waals surface area contributed by atoms with Gasteiger partial charge >= 0.3 is 0 Å². The number of sulfonamides is 1. The summed E-state index contributed by atoms with van der Waals surface area (Å²) in [6.45, 7) is 3.27. The molecule has 3 N–H and O–H groups in total. The Labute approximate surface area is 195 Å². The van der Waals surface area contributed by atoms with E-state index < -0.39 is 10.0 Å². The van der Waals surface area contributed by atoms with Crippen LogP contribution in [0, 0.1) is 12.8 Å². The van der Waals surface area contributed by atoms with Crippen LogP contribution in [0.5, 0.6) is 0 Å².